The lowest BCUT2D eigenvalue weighted by molar-refractivity contribution is 0.102. The Morgan fingerprint density at radius 3 is 2.63 bits per heavy atom. The van der Waals surface area contributed by atoms with Crippen molar-refractivity contribution in [2.75, 3.05) is 11.1 Å². The predicted octanol–water partition coefficient (Wildman–Crippen LogP) is 3.30. The number of benzene rings is 1. The van der Waals surface area contributed by atoms with E-state index in [4.69, 9.17) is 5.73 Å². The fraction of sp³-hybridized carbons (Fsp3) is 0.143. The van der Waals surface area contributed by atoms with E-state index in [1.165, 1.54) is 6.20 Å². The molecule has 0 unspecified atom stereocenters. The van der Waals surface area contributed by atoms with Gasteiger partial charge in [-0.1, -0.05) is 22.0 Å². The molecule has 98 valence electrons. The van der Waals surface area contributed by atoms with Crippen molar-refractivity contribution in [3.05, 3.63) is 51.6 Å². The van der Waals surface area contributed by atoms with Crippen LogP contribution in [-0.4, -0.2) is 10.9 Å². The van der Waals surface area contributed by atoms with E-state index in [0.29, 0.717) is 17.1 Å². The van der Waals surface area contributed by atoms with E-state index < -0.39 is 0 Å². The van der Waals surface area contributed by atoms with Gasteiger partial charge in [0, 0.05) is 10.0 Å². The lowest BCUT2D eigenvalue weighted by Gasteiger charge is -2.07. The molecule has 4 nitrogen and oxygen atoms in total. The first kappa shape index (κ1) is 13.5. The molecule has 0 aliphatic heterocycles. The maximum absolute atomic E-state index is 12.1. The number of nitrogens with one attached hydrogen (secondary N) is 1. The average Bonchev–Trinajstić information content (AvgIpc) is 2.37. The molecule has 0 atom stereocenters. The number of anilines is 2. The van der Waals surface area contributed by atoms with Crippen LogP contribution in [0.4, 0.5) is 11.5 Å². The number of carbonyl (C=O) groups is 1. The summed E-state index contributed by atoms with van der Waals surface area (Å²) in [6, 6.07) is 7.20. The van der Waals surface area contributed by atoms with E-state index in [9.17, 15) is 4.79 Å². The summed E-state index contributed by atoms with van der Waals surface area (Å²) >= 11 is 3.41. The zero-order valence-corrected chi connectivity index (χ0v) is 12.3. The van der Waals surface area contributed by atoms with Crippen molar-refractivity contribution in [2.24, 2.45) is 0 Å². The molecule has 19 heavy (non-hydrogen) atoms. The number of halogens is 1. The summed E-state index contributed by atoms with van der Waals surface area (Å²) in [4.78, 5) is 16.1. The number of nitrogen functional groups attached to an aromatic ring is 1. The van der Waals surface area contributed by atoms with Gasteiger partial charge in [0.15, 0.2) is 0 Å². The molecule has 1 amide bonds. The quantitative estimate of drug-likeness (QED) is 0.892. The fourth-order valence-electron chi connectivity index (χ4n) is 1.56. The molecule has 2 aromatic rings. The molecule has 1 aromatic heterocycles. The van der Waals surface area contributed by atoms with Gasteiger partial charge in [-0.25, -0.2) is 4.98 Å². The van der Waals surface area contributed by atoms with E-state index in [1.807, 2.05) is 19.9 Å². The van der Waals surface area contributed by atoms with Crippen LogP contribution in [0.3, 0.4) is 0 Å². The minimum Gasteiger partial charge on any atom is -0.397 e. The summed E-state index contributed by atoms with van der Waals surface area (Å²) in [5.41, 5.74) is 8.84. The van der Waals surface area contributed by atoms with Gasteiger partial charge in [0.05, 0.1) is 11.9 Å². The van der Waals surface area contributed by atoms with Crippen LogP contribution >= 0.6 is 15.9 Å². The zero-order chi connectivity index (χ0) is 14.0. The number of aromatic nitrogens is 1. The number of pyridine rings is 1. The first-order chi connectivity index (χ1) is 8.97. The maximum Gasteiger partial charge on any atom is 0.256 e. The highest BCUT2D eigenvalue weighted by molar-refractivity contribution is 9.10. The molecule has 2 rings (SSSR count). The van der Waals surface area contributed by atoms with Crippen molar-refractivity contribution in [2.45, 2.75) is 13.8 Å². The third-order valence-electron chi connectivity index (χ3n) is 2.83. The maximum atomic E-state index is 12.1. The lowest BCUT2D eigenvalue weighted by atomic mass is 10.1. The summed E-state index contributed by atoms with van der Waals surface area (Å²) in [5, 5.41) is 2.75. The third-order valence-corrected chi connectivity index (χ3v) is 3.68. The van der Waals surface area contributed by atoms with Gasteiger partial charge in [0.1, 0.15) is 5.82 Å². The minimum atomic E-state index is -0.197. The van der Waals surface area contributed by atoms with Gasteiger partial charge in [-0.05, 0) is 43.2 Å². The Morgan fingerprint density at radius 1 is 1.26 bits per heavy atom. The largest absolute Gasteiger partial charge is 0.397 e. The lowest BCUT2D eigenvalue weighted by Crippen LogP contribution is -2.13. The van der Waals surface area contributed by atoms with E-state index in [0.717, 1.165) is 15.6 Å². The van der Waals surface area contributed by atoms with Gasteiger partial charge in [-0.2, -0.15) is 0 Å². The Bertz CT molecular complexity index is 641. The summed E-state index contributed by atoms with van der Waals surface area (Å²) in [5.74, 6) is 0.297. The number of hydrogen-bond donors (Lipinski definition) is 2. The van der Waals surface area contributed by atoms with Gasteiger partial charge in [0.2, 0.25) is 0 Å². The predicted molar refractivity (Wildman–Crippen MR) is 80.2 cm³/mol. The Hall–Kier alpha value is -1.88. The number of carbonyl (C=O) groups excluding carboxylic acids is 1. The molecule has 0 spiro atoms. The third kappa shape index (κ3) is 3.12. The normalized spacial score (nSPS) is 10.3. The highest BCUT2D eigenvalue weighted by Gasteiger charge is 2.08. The first-order valence-electron chi connectivity index (χ1n) is 5.77. The topological polar surface area (TPSA) is 68.0 Å². The molecule has 0 saturated heterocycles. The number of aryl methyl sites for hydroxylation is 2. The van der Waals surface area contributed by atoms with Gasteiger partial charge >= 0.3 is 0 Å². The van der Waals surface area contributed by atoms with Crippen LogP contribution in [0.1, 0.15) is 21.5 Å². The number of rotatable bonds is 2. The van der Waals surface area contributed by atoms with Crippen LogP contribution in [0, 0.1) is 13.8 Å². The molecule has 5 heteroatoms. The summed E-state index contributed by atoms with van der Waals surface area (Å²) in [6.45, 7) is 3.84. The van der Waals surface area contributed by atoms with E-state index in [2.05, 4.69) is 26.2 Å². The van der Waals surface area contributed by atoms with Crippen LogP contribution in [0.15, 0.2) is 34.9 Å². The van der Waals surface area contributed by atoms with Gasteiger partial charge in [-0.3, -0.25) is 4.79 Å². The summed E-state index contributed by atoms with van der Waals surface area (Å²) < 4.78 is 0.904. The van der Waals surface area contributed by atoms with Crippen LogP contribution in [-0.2, 0) is 0 Å². The van der Waals surface area contributed by atoms with Gasteiger partial charge in [0.25, 0.3) is 5.91 Å². The Balaban J connectivity index is 2.20. The van der Waals surface area contributed by atoms with Gasteiger partial charge in [-0.15, -0.1) is 0 Å². The highest BCUT2D eigenvalue weighted by atomic mass is 79.9. The van der Waals surface area contributed by atoms with E-state index >= 15 is 0 Å². The molecular formula is C14H14BrN3O. The summed E-state index contributed by atoms with van der Waals surface area (Å²) in [7, 11) is 0. The van der Waals surface area contributed by atoms with Crippen LogP contribution in [0.2, 0.25) is 0 Å². The molecule has 0 aliphatic carbocycles. The zero-order valence-electron chi connectivity index (χ0n) is 10.7. The van der Waals surface area contributed by atoms with Crippen LogP contribution < -0.4 is 11.1 Å². The Kier molecular flexibility index (Phi) is 3.85. The summed E-state index contributed by atoms with van der Waals surface area (Å²) in [6.07, 6.45) is 1.54. The monoisotopic (exact) mass is 319 g/mol. The second kappa shape index (κ2) is 5.40. The molecule has 0 fully saturated rings. The molecule has 0 aliphatic rings. The van der Waals surface area contributed by atoms with Crippen LogP contribution in [0.5, 0.6) is 0 Å². The van der Waals surface area contributed by atoms with Gasteiger partial charge < -0.3 is 11.1 Å². The molecule has 0 saturated carbocycles. The standard InChI is InChI=1S/C14H14BrN3O/c1-8-3-4-10(6-11(8)15)14(19)18-13-5-9(2)12(16)7-17-13/h3-7H,16H2,1-2H3,(H,17,18,19). The highest BCUT2D eigenvalue weighted by Crippen LogP contribution is 2.19. The molecule has 1 aromatic carbocycles. The number of nitrogens with two attached hydrogens (primary N) is 1. The first-order valence-corrected chi connectivity index (χ1v) is 6.56. The van der Waals surface area contributed by atoms with Crippen molar-refractivity contribution in [1.82, 2.24) is 4.98 Å². The SMILES string of the molecule is Cc1cc(NC(=O)c2ccc(C)c(Br)c2)ncc1N. The molecule has 3 N–H and O–H groups in total. The second-order valence-electron chi connectivity index (χ2n) is 4.34. The van der Waals surface area contributed by atoms with Crippen molar-refractivity contribution >= 4 is 33.3 Å². The van der Waals surface area contributed by atoms with Crippen molar-refractivity contribution in [1.29, 1.82) is 0 Å². The Labute approximate surface area is 120 Å². The minimum absolute atomic E-state index is 0.197. The molecular weight excluding hydrogens is 306 g/mol. The van der Waals surface area contributed by atoms with Crippen LogP contribution in [0.25, 0.3) is 0 Å². The van der Waals surface area contributed by atoms with E-state index in [-0.39, 0.29) is 5.91 Å². The molecule has 0 radical (unpaired) electrons. The average molecular weight is 320 g/mol. The molecule has 0 bridgehead atoms. The Morgan fingerprint density at radius 2 is 2.00 bits per heavy atom. The number of amides is 1. The van der Waals surface area contributed by atoms with Crippen molar-refractivity contribution < 1.29 is 4.79 Å². The molecule has 1 heterocycles. The van der Waals surface area contributed by atoms with E-state index in [1.54, 1.807) is 18.2 Å². The second-order valence-corrected chi connectivity index (χ2v) is 5.20. The smallest absolute Gasteiger partial charge is 0.256 e. The van der Waals surface area contributed by atoms with Crippen molar-refractivity contribution in [3.63, 3.8) is 0 Å². The number of hydrogen-bond acceptors (Lipinski definition) is 3. The fourth-order valence-corrected chi connectivity index (χ4v) is 1.94. The number of nitrogens with zero attached hydrogens (tertiary/aromatic N) is 1. The van der Waals surface area contributed by atoms with Crippen molar-refractivity contribution in [3.8, 4) is 0 Å².